The Morgan fingerprint density at radius 3 is 2.69 bits per heavy atom. The van der Waals surface area contributed by atoms with Crippen LogP contribution in [-0.2, 0) is 4.74 Å². The molecule has 0 aliphatic heterocycles. The lowest BCUT2D eigenvalue weighted by Gasteiger charge is -2.08. The molecule has 0 atom stereocenters. The zero-order valence-corrected chi connectivity index (χ0v) is 10.2. The molecule has 3 heteroatoms. The predicted molar refractivity (Wildman–Crippen MR) is 65.8 cm³/mol. The number of rotatable bonds is 4. The maximum absolute atomic E-state index is 11.4. The molecule has 0 spiro atoms. The van der Waals surface area contributed by atoms with Gasteiger partial charge in [-0.25, -0.2) is 4.79 Å². The first kappa shape index (κ1) is 12.6. The molecule has 0 saturated heterocycles. The second kappa shape index (κ2) is 6.16. The van der Waals surface area contributed by atoms with Gasteiger partial charge in [0.05, 0.1) is 6.61 Å². The molecule has 1 aromatic rings. The average molecular weight is 221 g/mol. The summed E-state index contributed by atoms with van der Waals surface area (Å²) in [5.74, 6) is 0. The van der Waals surface area contributed by atoms with Crippen LogP contribution in [0.3, 0.4) is 0 Å². The fraction of sp³-hybridized carbons (Fsp3) is 0.462. The Morgan fingerprint density at radius 2 is 2.06 bits per heavy atom. The summed E-state index contributed by atoms with van der Waals surface area (Å²) in [4.78, 5) is 11.4. The molecule has 0 bridgehead atoms. The molecule has 0 fully saturated rings. The highest BCUT2D eigenvalue weighted by atomic mass is 16.5. The van der Waals surface area contributed by atoms with Gasteiger partial charge in [0.2, 0.25) is 0 Å². The first-order valence-electron chi connectivity index (χ1n) is 5.64. The Kier molecular flexibility index (Phi) is 4.83. The number of ether oxygens (including phenoxy) is 1. The van der Waals surface area contributed by atoms with E-state index in [1.807, 2.05) is 32.0 Å². The van der Waals surface area contributed by atoms with Crippen LogP contribution >= 0.6 is 0 Å². The molecule has 1 amide bonds. The van der Waals surface area contributed by atoms with E-state index in [1.54, 1.807) is 0 Å². The summed E-state index contributed by atoms with van der Waals surface area (Å²) in [5.41, 5.74) is 3.15. The maximum Gasteiger partial charge on any atom is 0.411 e. The molecule has 3 nitrogen and oxygen atoms in total. The summed E-state index contributed by atoms with van der Waals surface area (Å²) in [6, 6.07) is 5.80. The maximum atomic E-state index is 11.4. The quantitative estimate of drug-likeness (QED) is 0.788. The standard InChI is InChI=1S/C13H19NO2/c1-4-5-8-16-13(15)14-12-7-6-10(2)11(3)9-12/h6-7,9H,4-5,8H2,1-3H3,(H,14,15). The number of carbonyl (C=O) groups is 1. The summed E-state index contributed by atoms with van der Waals surface area (Å²) >= 11 is 0. The number of nitrogens with one attached hydrogen (secondary N) is 1. The van der Waals surface area contributed by atoms with Crippen molar-refractivity contribution in [3.05, 3.63) is 29.3 Å². The largest absolute Gasteiger partial charge is 0.449 e. The highest BCUT2D eigenvalue weighted by molar-refractivity contribution is 5.84. The molecular formula is C13H19NO2. The SMILES string of the molecule is CCCCOC(=O)Nc1ccc(C)c(C)c1. The Balaban J connectivity index is 2.46. The summed E-state index contributed by atoms with van der Waals surface area (Å²) in [6.45, 7) is 6.60. The second-order valence-corrected chi connectivity index (χ2v) is 3.91. The van der Waals surface area contributed by atoms with Crippen LogP contribution in [0.2, 0.25) is 0 Å². The molecule has 16 heavy (non-hydrogen) atoms. The molecule has 0 radical (unpaired) electrons. The molecule has 0 aliphatic rings. The van der Waals surface area contributed by atoms with Gasteiger partial charge in [-0.1, -0.05) is 19.4 Å². The smallest absolute Gasteiger partial charge is 0.411 e. The number of unbranched alkanes of at least 4 members (excludes halogenated alkanes) is 1. The minimum atomic E-state index is -0.378. The third kappa shape index (κ3) is 3.93. The lowest BCUT2D eigenvalue weighted by molar-refractivity contribution is 0.160. The third-order valence-corrected chi connectivity index (χ3v) is 2.48. The zero-order valence-electron chi connectivity index (χ0n) is 10.2. The van der Waals surface area contributed by atoms with Crippen molar-refractivity contribution in [2.75, 3.05) is 11.9 Å². The Hall–Kier alpha value is -1.51. The lowest BCUT2D eigenvalue weighted by atomic mass is 10.1. The van der Waals surface area contributed by atoms with Crippen LogP contribution in [0.5, 0.6) is 0 Å². The fourth-order valence-electron chi connectivity index (χ4n) is 1.28. The molecule has 88 valence electrons. The molecule has 0 aromatic heterocycles. The van der Waals surface area contributed by atoms with E-state index in [1.165, 1.54) is 5.56 Å². The van der Waals surface area contributed by atoms with Crippen molar-refractivity contribution >= 4 is 11.8 Å². The van der Waals surface area contributed by atoms with Gasteiger partial charge in [0.25, 0.3) is 0 Å². The van der Waals surface area contributed by atoms with Crippen LogP contribution in [0.1, 0.15) is 30.9 Å². The number of anilines is 1. The van der Waals surface area contributed by atoms with Crippen LogP contribution < -0.4 is 5.32 Å². The number of hydrogen-bond donors (Lipinski definition) is 1. The topological polar surface area (TPSA) is 38.3 Å². The number of carbonyl (C=O) groups excluding carboxylic acids is 1. The van der Waals surface area contributed by atoms with Gasteiger partial charge in [-0.15, -0.1) is 0 Å². The van der Waals surface area contributed by atoms with Gasteiger partial charge in [0.15, 0.2) is 0 Å². The highest BCUT2D eigenvalue weighted by Gasteiger charge is 2.03. The molecule has 1 rings (SSSR count). The van der Waals surface area contributed by atoms with Gasteiger partial charge < -0.3 is 4.74 Å². The number of aryl methyl sites for hydroxylation is 2. The fourth-order valence-corrected chi connectivity index (χ4v) is 1.28. The molecular weight excluding hydrogens is 202 g/mol. The summed E-state index contributed by atoms with van der Waals surface area (Å²) in [6.07, 6.45) is 1.55. The number of hydrogen-bond acceptors (Lipinski definition) is 2. The van der Waals surface area contributed by atoms with E-state index in [9.17, 15) is 4.79 Å². The van der Waals surface area contributed by atoms with Gasteiger partial charge in [-0.3, -0.25) is 5.32 Å². The minimum absolute atomic E-state index is 0.378. The average Bonchev–Trinajstić information content (AvgIpc) is 2.24. The van der Waals surface area contributed by atoms with E-state index in [2.05, 4.69) is 12.2 Å². The van der Waals surface area contributed by atoms with Gasteiger partial charge in [-0.05, 0) is 43.5 Å². The van der Waals surface area contributed by atoms with Crippen LogP contribution in [0.15, 0.2) is 18.2 Å². The van der Waals surface area contributed by atoms with E-state index in [4.69, 9.17) is 4.74 Å². The van der Waals surface area contributed by atoms with Gasteiger partial charge >= 0.3 is 6.09 Å². The Bertz CT molecular complexity index is 361. The van der Waals surface area contributed by atoms with Crippen molar-refractivity contribution in [2.45, 2.75) is 33.6 Å². The monoisotopic (exact) mass is 221 g/mol. The highest BCUT2D eigenvalue weighted by Crippen LogP contribution is 2.14. The molecule has 0 heterocycles. The Morgan fingerprint density at radius 1 is 1.31 bits per heavy atom. The van der Waals surface area contributed by atoms with Crippen molar-refractivity contribution in [1.82, 2.24) is 0 Å². The van der Waals surface area contributed by atoms with Crippen LogP contribution in [0, 0.1) is 13.8 Å². The number of amides is 1. The minimum Gasteiger partial charge on any atom is -0.449 e. The zero-order chi connectivity index (χ0) is 12.0. The first-order valence-corrected chi connectivity index (χ1v) is 5.64. The normalized spacial score (nSPS) is 9.94. The third-order valence-electron chi connectivity index (χ3n) is 2.48. The van der Waals surface area contributed by atoms with Crippen LogP contribution in [-0.4, -0.2) is 12.7 Å². The van der Waals surface area contributed by atoms with Crippen LogP contribution in [0.25, 0.3) is 0 Å². The van der Waals surface area contributed by atoms with E-state index in [0.717, 1.165) is 24.1 Å². The van der Waals surface area contributed by atoms with E-state index < -0.39 is 0 Å². The second-order valence-electron chi connectivity index (χ2n) is 3.91. The van der Waals surface area contributed by atoms with Gasteiger partial charge in [0.1, 0.15) is 0 Å². The lowest BCUT2D eigenvalue weighted by Crippen LogP contribution is -2.14. The molecule has 0 saturated carbocycles. The van der Waals surface area contributed by atoms with Crippen molar-refractivity contribution in [3.8, 4) is 0 Å². The number of benzene rings is 1. The molecule has 1 N–H and O–H groups in total. The predicted octanol–water partition coefficient (Wildman–Crippen LogP) is 3.65. The van der Waals surface area contributed by atoms with E-state index in [0.29, 0.717) is 6.61 Å². The van der Waals surface area contributed by atoms with E-state index >= 15 is 0 Å². The van der Waals surface area contributed by atoms with Crippen molar-refractivity contribution in [3.63, 3.8) is 0 Å². The molecule has 0 aliphatic carbocycles. The summed E-state index contributed by atoms with van der Waals surface area (Å²) in [7, 11) is 0. The van der Waals surface area contributed by atoms with Gasteiger partial charge in [0, 0.05) is 5.69 Å². The molecule has 1 aromatic carbocycles. The van der Waals surface area contributed by atoms with E-state index in [-0.39, 0.29) is 6.09 Å². The molecule has 0 unspecified atom stereocenters. The van der Waals surface area contributed by atoms with Crippen molar-refractivity contribution < 1.29 is 9.53 Å². The Labute approximate surface area is 96.8 Å². The summed E-state index contributed by atoms with van der Waals surface area (Å²) < 4.78 is 5.01. The van der Waals surface area contributed by atoms with Crippen molar-refractivity contribution in [1.29, 1.82) is 0 Å². The summed E-state index contributed by atoms with van der Waals surface area (Å²) in [5, 5.41) is 2.71. The first-order chi connectivity index (χ1) is 7.63. The van der Waals surface area contributed by atoms with Crippen molar-refractivity contribution in [2.24, 2.45) is 0 Å². The van der Waals surface area contributed by atoms with Crippen LogP contribution in [0.4, 0.5) is 10.5 Å². The van der Waals surface area contributed by atoms with Gasteiger partial charge in [-0.2, -0.15) is 0 Å².